The standard InChI is InChI=1S/C23H33N5O5/c1-4-32-21(29)15-7-9-28(10-8-15)18-13-20-19(26(2)23(31)27(20)3)12-17(18)25-22(30)24-14-16-6-5-11-33-16/h12-13,15-16H,4-11,14H2,1-3H3,(H2,24,25,30)/t16-/m1/s1. The van der Waals surface area contributed by atoms with Crippen LogP contribution in [0.1, 0.15) is 32.6 Å². The normalized spacial score (nSPS) is 19.1. The van der Waals surface area contributed by atoms with Gasteiger partial charge >= 0.3 is 17.7 Å². The summed E-state index contributed by atoms with van der Waals surface area (Å²) < 4.78 is 13.9. The van der Waals surface area contributed by atoms with E-state index in [0.717, 1.165) is 36.2 Å². The fourth-order valence-corrected chi connectivity index (χ4v) is 4.69. The molecule has 2 amide bonds. The van der Waals surface area contributed by atoms with Crippen molar-refractivity contribution < 1.29 is 19.1 Å². The van der Waals surface area contributed by atoms with Gasteiger partial charge in [-0.25, -0.2) is 9.59 Å². The largest absolute Gasteiger partial charge is 0.466 e. The van der Waals surface area contributed by atoms with E-state index in [9.17, 15) is 14.4 Å². The molecule has 33 heavy (non-hydrogen) atoms. The van der Waals surface area contributed by atoms with E-state index in [1.807, 2.05) is 19.1 Å². The highest BCUT2D eigenvalue weighted by atomic mass is 16.5. The van der Waals surface area contributed by atoms with E-state index in [1.54, 1.807) is 23.2 Å². The number of imidazole rings is 1. The minimum Gasteiger partial charge on any atom is -0.466 e. The van der Waals surface area contributed by atoms with E-state index in [1.165, 1.54) is 0 Å². The van der Waals surface area contributed by atoms with E-state index in [0.29, 0.717) is 44.8 Å². The lowest BCUT2D eigenvalue weighted by atomic mass is 9.96. The van der Waals surface area contributed by atoms with Crippen LogP contribution in [0.15, 0.2) is 16.9 Å². The number of piperidine rings is 1. The predicted octanol–water partition coefficient (Wildman–Crippen LogP) is 1.96. The van der Waals surface area contributed by atoms with Crippen molar-refractivity contribution in [3.63, 3.8) is 0 Å². The minimum absolute atomic E-state index is 0.0505. The van der Waals surface area contributed by atoms with Crippen molar-refractivity contribution in [2.24, 2.45) is 20.0 Å². The third-order valence-electron chi connectivity index (χ3n) is 6.61. The van der Waals surface area contributed by atoms with Gasteiger partial charge in [0.1, 0.15) is 0 Å². The fourth-order valence-electron chi connectivity index (χ4n) is 4.69. The molecular weight excluding hydrogens is 426 g/mol. The third kappa shape index (κ3) is 4.85. The Morgan fingerprint density at radius 2 is 1.82 bits per heavy atom. The number of fused-ring (bicyclic) bond motifs is 1. The topological polar surface area (TPSA) is 107 Å². The first-order chi connectivity index (χ1) is 15.9. The molecular formula is C23H33N5O5. The Labute approximate surface area is 192 Å². The average molecular weight is 460 g/mol. The summed E-state index contributed by atoms with van der Waals surface area (Å²) in [5, 5.41) is 5.86. The van der Waals surface area contributed by atoms with Gasteiger partial charge in [0.05, 0.1) is 41.0 Å². The van der Waals surface area contributed by atoms with E-state index < -0.39 is 0 Å². The van der Waals surface area contributed by atoms with E-state index in [4.69, 9.17) is 9.47 Å². The van der Waals surface area contributed by atoms with E-state index in [2.05, 4.69) is 15.5 Å². The number of carbonyl (C=O) groups excluding carboxylic acids is 2. The molecule has 0 radical (unpaired) electrons. The van der Waals surface area contributed by atoms with Gasteiger partial charge < -0.3 is 25.0 Å². The van der Waals surface area contributed by atoms with Crippen LogP contribution in [0.5, 0.6) is 0 Å². The Morgan fingerprint density at radius 1 is 1.12 bits per heavy atom. The molecule has 2 saturated heterocycles. The van der Waals surface area contributed by atoms with Crippen molar-refractivity contribution in [1.82, 2.24) is 14.5 Å². The van der Waals surface area contributed by atoms with Crippen molar-refractivity contribution in [3.8, 4) is 0 Å². The number of carbonyl (C=O) groups is 2. The molecule has 0 bridgehead atoms. The molecule has 2 aliphatic rings. The Morgan fingerprint density at radius 3 is 2.45 bits per heavy atom. The highest BCUT2D eigenvalue weighted by Crippen LogP contribution is 2.34. The van der Waals surface area contributed by atoms with Crippen LogP contribution in [-0.4, -0.2) is 60.1 Å². The van der Waals surface area contributed by atoms with Gasteiger partial charge in [0, 0.05) is 40.3 Å². The van der Waals surface area contributed by atoms with E-state index in [-0.39, 0.29) is 29.7 Å². The fraction of sp³-hybridized carbons (Fsp3) is 0.609. The Kier molecular flexibility index (Phi) is 6.92. The molecule has 10 heteroatoms. The summed E-state index contributed by atoms with van der Waals surface area (Å²) >= 11 is 0. The van der Waals surface area contributed by atoms with Gasteiger partial charge in [-0.1, -0.05) is 0 Å². The number of aromatic nitrogens is 2. The van der Waals surface area contributed by atoms with Gasteiger partial charge in [-0.2, -0.15) is 0 Å². The van der Waals surface area contributed by atoms with Gasteiger partial charge in [-0.15, -0.1) is 0 Å². The van der Waals surface area contributed by atoms with Crippen LogP contribution in [-0.2, 0) is 28.4 Å². The van der Waals surface area contributed by atoms with Gasteiger partial charge in [-0.05, 0) is 44.7 Å². The lowest BCUT2D eigenvalue weighted by Crippen LogP contribution is -2.38. The summed E-state index contributed by atoms with van der Waals surface area (Å²) in [5.74, 6) is -0.262. The molecule has 2 aromatic rings. The molecule has 2 fully saturated rings. The first-order valence-corrected chi connectivity index (χ1v) is 11.7. The maximum atomic E-state index is 12.7. The van der Waals surface area contributed by atoms with Crippen LogP contribution in [0.25, 0.3) is 11.0 Å². The number of rotatable bonds is 6. The lowest BCUT2D eigenvalue weighted by molar-refractivity contribution is -0.148. The van der Waals surface area contributed by atoms with Crippen molar-refractivity contribution in [3.05, 3.63) is 22.6 Å². The second-order valence-corrected chi connectivity index (χ2v) is 8.74. The van der Waals surface area contributed by atoms with Crippen LogP contribution >= 0.6 is 0 Å². The van der Waals surface area contributed by atoms with Gasteiger partial charge in [0.15, 0.2) is 0 Å². The lowest BCUT2D eigenvalue weighted by Gasteiger charge is -2.34. The molecule has 10 nitrogen and oxygen atoms in total. The van der Waals surface area contributed by atoms with Crippen LogP contribution in [0.2, 0.25) is 0 Å². The molecule has 2 N–H and O–H groups in total. The van der Waals surface area contributed by atoms with Gasteiger partial charge in [0.25, 0.3) is 0 Å². The van der Waals surface area contributed by atoms with Crippen LogP contribution in [0.3, 0.4) is 0 Å². The molecule has 0 unspecified atom stereocenters. The molecule has 1 aromatic carbocycles. The Balaban J connectivity index is 1.57. The predicted molar refractivity (Wildman–Crippen MR) is 126 cm³/mol. The molecule has 0 aliphatic carbocycles. The number of anilines is 2. The van der Waals surface area contributed by atoms with Gasteiger partial charge in [0.2, 0.25) is 0 Å². The number of hydrogen-bond donors (Lipinski definition) is 2. The van der Waals surface area contributed by atoms with Crippen molar-refractivity contribution in [1.29, 1.82) is 0 Å². The molecule has 180 valence electrons. The molecule has 0 spiro atoms. The molecule has 4 rings (SSSR count). The maximum Gasteiger partial charge on any atom is 0.328 e. The first kappa shape index (κ1) is 23.2. The molecule has 3 heterocycles. The summed E-state index contributed by atoms with van der Waals surface area (Å²) in [7, 11) is 3.46. The number of aryl methyl sites for hydroxylation is 2. The smallest absolute Gasteiger partial charge is 0.328 e. The second kappa shape index (κ2) is 9.86. The van der Waals surface area contributed by atoms with Crippen molar-refractivity contribution in [2.45, 2.75) is 38.7 Å². The zero-order valence-electron chi connectivity index (χ0n) is 19.6. The van der Waals surface area contributed by atoms with Crippen LogP contribution in [0, 0.1) is 5.92 Å². The summed E-state index contributed by atoms with van der Waals surface area (Å²) in [6.07, 6.45) is 3.36. The number of esters is 1. The summed E-state index contributed by atoms with van der Waals surface area (Å²) in [6.45, 7) is 4.70. The van der Waals surface area contributed by atoms with Crippen molar-refractivity contribution in [2.75, 3.05) is 43.1 Å². The summed E-state index contributed by atoms with van der Waals surface area (Å²) in [4.78, 5) is 39.5. The highest BCUT2D eigenvalue weighted by molar-refractivity contribution is 5.98. The molecule has 1 atom stereocenters. The Hall–Kier alpha value is -3.01. The zero-order valence-corrected chi connectivity index (χ0v) is 19.6. The average Bonchev–Trinajstić information content (AvgIpc) is 3.41. The summed E-state index contributed by atoms with van der Waals surface area (Å²) in [5.41, 5.74) is 2.86. The van der Waals surface area contributed by atoms with Crippen molar-refractivity contribution >= 4 is 34.4 Å². The van der Waals surface area contributed by atoms with Crippen LogP contribution in [0.4, 0.5) is 16.2 Å². The number of amides is 2. The second-order valence-electron chi connectivity index (χ2n) is 8.74. The third-order valence-corrected chi connectivity index (χ3v) is 6.61. The number of nitrogens with zero attached hydrogens (tertiary/aromatic N) is 3. The monoisotopic (exact) mass is 459 g/mol. The summed E-state index contributed by atoms with van der Waals surface area (Å²) in [6, 6.07) is 3.47. The Bertz CT molecular complexity index is 1080. The molecule has 0 saturated carbocycles. The minimum atomic E-state index is -0.312. The molecule has 1 aromatic heterocycles. The number of ether oxygens (including phenoxy) is 2. The number of nitrogens with one attached hydrogen (secondary N) is 2. The van der Waals surface area contributed by atoms with E-state index >= 15 is 0 Å². The molecule has 2 aliphatic heterocycles. The number of benzene rings is 1. The quantitative estimate of drug-likeness (QED) is 0.640. The van der Waals surface area contributed by atoms with Crippen LogP contribution < -0.4 is 21.2 Å². The highest BCUT2D eigenvalue weighted by Gasteiger charge is 2.28. The number of urea groups is 1. The maximum absolute atomic E-state index is 12.7. The zero-order chi connectivity index (χ0) is 23.5. The number of hydrogen-bond acceptors (Lipinski definition) is 6. The first-order valence-electron chi connectivity index (χ1n) is 11.7. The van der Waals surface area contributed by atoms with Gasteiger partial charge in [-0.3, -0.25) is 13.9 Å². The SMILES string of the molecule is CCOC(=O)C1CCN(c2cc3c(cc2NC(=O)NC[C@H]2CCCO2)n(C)c(=O)n3C)CC1.